The number of aromatic nitrogens is 1. The van der Waals surface area contributed by atoms with Crippen LogP contribution in [-0.2, 0) is 5.88 Å². The Bertz CT molecular complexity index is 652. The van der Waals surface area contributed by atoms with Gasteiger partial charge < -0.3 is 9.15 Å². The van der Waals surface area contributed by atoms with Crippen LogP contribution in [-0.4, -0.2) is 11.3 Å². The molecule has 0 radical (unpaired) electrons. The van der Waals surface area contributed by atoms with Crippen molar-refractivity contribution in [2.45, 2.75) is 12.2 Å². The first-order chi connectivity index (χ1) is 9.87. The lowest BCUT2D eigenvalue weighted by atomic mass is 10.2. The molecule has 0 saturated carbocycles. The molecule has 21 heavy (non-hydrogen) atoms. The Morgan fingerprint density at radius 2 is 2.05 bits per heavy atom. The first-order valence-corrected chi connectivity index (χ1v) is 6.14. The lowest BCUT2D eigenvalue weighted by molar-refractivity contribution is -0.274. The van der Waals surface area contributed by atoms with Gasteiger partial charge in [-0.3, -0.25) is 0 Å². The number of ether oxygens (including phenoxy) is 1. The van der Waals surface area contributed by atoms with Gasteiger partial charge in [0.25, 0.3) is 0 Å². The Kier molecular flexibility index (Phi) is 4.52. The van der Waals surface area contributed by atoms with Crippen molar-refractivity contribution in [1.29, 1.82) is 0 Å². The summed E-state index contributed by atoms with van der Waals surface area (Å²) in [5, 5.41) is 0. The Labute approximate surface area is 121 Å². The highest BCUT2D eigenvalue weighted by atomic mass is 35.5. The predicted molar refractivity (Wildman–Crippen MR) is 68.1 cm³/mol. The molecule has 0 N–H and O–H groups in total. The first kappa shape index (κ1) is 15.4. The van der Waals surface area contributed by atoms with Crippen LogP contribution in [0.3, 0.4) is 0 Å². The van der Waals surface area contributed by atoms with Gasteiger partial charge in [-0.1, -0.05) is 0 Å². The number of nitrogens with zero attached hydrogens (tertiary/aromatic N) is 1. The minimum absolute atomic E-state index is 0.0650. The summed E-state index contributed by atoms with van der Waals surface area (Å²) >= 11 is 5.54. The van der Waals surface area contributed by atoms with Crippen LogP contribution in [0.1, 0.15) is 17.1 Å². The van der Waals surface area contributed by atoms with Crippen LogP contribution in [0.4, 0.5) is 17.6 Å². The normalized spacial score (nSPS) is 12.0. The van der Waals surface area contributed by atoms with E-state index in [1.165, 1.54) is 18.4 Å². The zero-order chi connectivity index (χ0) is 15.5. The Morgan fingerprint density at radius 1 is 1.29 bits per heavy atom. The van der Waals surface area contributed by atoms with Gasteiger partial charge in [-0.05, 0) is 18.2 Å². The molecule has 0 spiro atoms. The minimum Gasteiger partial charge on any atom is -0.445 e. The second-order valence-corrected chi connectivity index (χ2v) is 4.14. The van der Waals surface area contributed by atoms with E-state index in [4.69, 9.17) is 16.0 Å². The molecule has 0 atom stereocenters. The van der Waals surface area contributed by atoms with Crippen molar-refractivity contribution >= 4 is 23.8 Å². The summed E-state index contributed by atoms with van der Waals surface area (Å²) in [6.45, 7) is 0. The molecule has 1 aromatic carbocycles. The standard InChI is InChI=1S/C13H8ClF4NO2/c14-6-9-7-20-12(19-9)4-2-8-1-3-10(5-11(8)15)21-13(16,17)18/h1-5,7H,6H2/b4-2+. The van der Waals surface area contributed by atoms with Crippen molar-refractivity contribution in [1.82, 2.24) is 4.98 Å². The zero-order valence-electron chi connectivity index (χ0n) is 10.3. The zero-order valence-corrected chi connectivity index (χ0v) is 11.1. The average Bonchev–Trinajstić information content (AvgIpc) is 2.84. The molecule has 1 aromatic heterocycles. The number of hydrogen-bond donors (Lipinski definition) is 0. The number of hydrogen-bond acceptors (Lipinski definition) is 3. The highest BCUT2D eigenvalue weighted by molar-refractivity contribution is 6.16. The number of rotatable bonds is 4. The molecule has 0 fully saturated rings. The Morgan fingerprint density at radius 3 is 2.62 bits per heavy atom. The Hall–Kier alpha value is -2.02. The maximum Gasteiger partial charge on any atom is 0.573 e. The van der Waals surface area contributed by atoms with E-state index in [0.29, 0.717) is 11.8 Å². The van der Waals surface area contributed by atoms with Crippen molar-refractivity contribution in [3.8, 4) is 5.75 Å². The molecule has 0 amide bonds. The van der Waals surface area contributed by atoms with Crippen LogP contribution in [0.15, 0.2) is 28.9 Å². The van der Waals surface area contributed by atoms with Crippen LogP contribution >= 0.6 is 11.6 Å². The molecular formula is C13H8ClF4NO2. The fourth-order valence-corrected chi connectivity index (χ4v) is 1.58. The lowest BCUT2D eigenvalue weighted by Gasteiger charge is -2.09. The second kappa shape index (κ2) is 6.17. The predicted octanol–water partition coefficient (Wildman–Crippen LogP) is 4.62. The number of benzene rings is 1. The molecule has 0 aliphatic rings. The summed E-state index contributed by atoms with van der Waals surface area (Å²) < 4.78 is 58.2. The van der Waals surface area contributed by atoms with E-state index in [1.54, 1.807) is 0 Å². The number of alkyl halides is 4. The van der Waals surface area contributed by atoms with E-state index in [-0.39, 0.29) is 17.3 Å². The molecule has 0 bridgehead atoms. The summed E-state index contributed by atoms with van der Waals surface area (Å²) in [4.78, 5) is 3.96. The summed E-state index contributed by atoms with van der Waals surface area (Å²) in [6, 6.07) is 2.81. The second-order valence-electron chi connectivity index (χ2n) is 3.88. The monoisotopic (exact) mass is 321 g/mol. The molecule has 3 nitrogen and oxygen atoms in total. The molecule has 2 aromatic rings. The van der Waals surface area contributed by atoms with E-state index >= 15 is 0 Å². The van der Waals surface area contributed by atoms with Crippen LogP contribution < -0.4 is 4.74 Å². The average molecular weight is 322 g/mol. The van der Waals surface area contributed by atoms with Crippen molar-refractivity contribution in [3.63, 3.8) is 0 Å². The smallest absolute Gasteiger partial charge is 0.445 e. The SMILES string of the molecule is Fc1cc(OC(F)(F)F)ccc1/C=C/c1nc(CCl)co1. The largest absolute Gasteiger partial charge is 0.573 e. The van der Waals surface area contributed by atoms with E-state index < -0.39 is 17.9 Å². The fraction of sp³-hybridized carbons (Fsp3) is 0.154. The third-order valence-electron chi connectivity index (χ3n) is 2.32. The molecule has 112 valence electrons. The van der Waals surface area contributed by atoms with Crippen molar-refractivity contribution in [2.75, 3.05) is 0 Å². The molecule has 1 heterocycles. The highest BCUT2D eigenvalue weighted by Crippen LogP contribution is 2.25. The summed E-state index contributed by atoms with van der Waals surface area (Å²) in [6.07, 6.45) is -0.821. The van der Waals surface area contributed by atoms with Gasteiger partial charge in [-0.25, -0.2) is 9.37 Å². The molecule has 0 saturated heterocycles. The van der Waals surface area contributed by atoms with Gasteiger partial charge in [0.1, 0.15) is 17.8 Å². The van der Waals surface area contributed by atoms with Crippen molar-refractivity contribution in [3.05, 3.63) is 47.4 Å². The highest BCUT2D eigenvalue weighted by Gasteiger charge is 2.31. The van der Waals surface area contributed by atoms with Gasteiger partial charge in [-0.15, -0.1) is 24.8 Å². The summed E-state index contributed by atoms with van der Waals surface area (Å²) in [5.41, 5.74) is 0.584. The van der Waals surface area contributed by atoms with Crippen molar-refractivity contribution in [2.24, 2.45) is 0 Å². The number of halogens is 5. The van der Waals surface area contributed by atoms with Gasteiger partial charge in [0.15, 0.2) is 0 Å². The molecule has 2 rings (SSSR count). The maximum absolute atomic E-state index is 13.6. The van der Waals surface area contributed by atoms with Gasteiger partial charge in [-0.2, -0.15) is 0 Å². The first-order valence-electron chi connectivity index (χ1n) is 5.61. The van der Waals surface area contributed by atoms with Gasteiger partial charge in [0, 0.05) is 17.7 Å². The summed E-state index contributed by atoms with van der Waals surface area (Å²) in [5.74, 6) is -1.11. The molecule has 8 heteroatoms. The molecular weight excluding hydrogens is 314 g/mol. The van der Waals surface area contributed by atoms with Gasteiger partial charge in [0.05, 0.1) is 11.6 Å². The summed E-state index contributed by atoms with van der Waals surface area (Å²) in [7, 11) is 0. The minimum atomic E-state index is -4.86. The van der Waals surface area contributed by atoms with Gasteiger partial charge in [0.2, 0.25) is 5.89 Å². The van der Waals surface area contributed by atoms with Crippen molar-refractivity contribution < 1.29 is 26.7 Å². The third-order valence-corrected chi connectivity index (χ3v) is 2.59. The maximum atomic E-state index is 13.6. The van der Waals surface area contributed by atoms with Crippen LogP contribution in [0.2, 0.25) is 0 Å². The van der Waals surface area contributed by atoms with E-state index in [9.17, 15) is 17.6 Å². The molecule has 0 unspecified atom stereocenters. The Balaban J connectivity index is 2.13. The molecule has 0 aliphatic carbocycles. The van der Waals surface area contributed by atoms with Gasteiger partial charge >= 0.3 is 6.36 Å². The third kappa shape index (κ3) is 4.49. The quantitative estimate of drug-likeness (QED) is 0.609. The van der Waals surface area contributed by atoms with E-state index in [2.05, 4.69) is 9.72 Å². The van der Waals surface area contributed by atoms with Crippen LogP contribution in [0, 0.1) is 5.82 Å². The van der Waals surface area contributed by atoms with E-state index in [1.807, 2.05) is 0 Å². The number of oxazole rings is 1. The van der Waals surface area contributed by atoms with Crippen LogP contribution in [0.5, 0.6) is 5.75 Å². The topological polar surface area (TPSA) is 35.3 Å². The lowest BCUT2D eigenvalue weighted by Crippen LogP contribution is -2.17. The fourth-order valence-electron chi connectivity index (χ4n) is 1.46. The van der Waals surface area contributed by atoms with Crippen LogP contribution in [0.25, 0.3) is 12.2 Å². The van der Waals surface area contributed by atoms with E-state index in [0.717, 1.165) is 12.1 Å². The molecule has 0 aliphatic heterocycles.